The summed E-state index contributed by atoms with van der Waals surface area (Å²) >= 11 is 0. The quantitative estimate of drug-likeness (QED) is 0.820. The molecule has 0 aromatic carbocycles. The fourth-order valence-corrected chi connectivity index (χ4v) is 3.78. The van der Waals surface area contributed by atoms with Crippen LogP contribution in [0.4, 0.5) is 0 Å². The van der Waals surface area contributed by atoms with Gasteiger partial charge < -0.3 is 15.7 Å². The summed E-state index contributed by atoms with van der Waals surface area (Å²) in [7, 11) is 0. The highest BCUT2D eigenvalue weighted by Crippen LogP contribution is 2.36. The number of rotatable bonds is 4. The van der Waals surface area contributed by atoms with E-state index in [1.54, 1.807) is 4.90 Å². The molecule has 1 saturated heterocycles. The Labute approximate surface area is 120 Å². The number of carbonyl (C=O) groups excluding carboxylic acids is 1. The SMILES string of the molecule is CCCC1(C(=O)O)CCCN(C(=O)C2CCC(N)C2)C1. The molecule has 1 amide bonds. The summed E-state index contributed by atoms with van der Waals surface area (Å²) in [6, 6.07) is 0.133. The molecule has 0 spiro atoms. The Balaban J connectivity index is 2.05. The second kappa shape index (κ2) is 6.12. The average molecular weight is 282 g/mol. The number of nitrogens with zero attached hydrogens (tertiary/aromatic N) is 1. The van der Waals surface area contributed by atoms with E-state index in [0.717, 1.165) is 32.1 Å². The van der Waals surface area contributed by atoms with Crippen molar-refractivity contribution < 1.29 is 14.7 Å². The maximum atomic E-state index is 12.5. The summed E-state index contributed by atoms with van der Waals surface area (Å²) in [6.45, 7) is 3.07. The number of hydrogen-bond acceptors (Lipinski definition) is 3. The van der Waals surface area contributed by atoms with Crippen LogP contribution in [0.5, 0.6) is 0 Å². The maximum Gasteiger partial charge on any atom is 0.311 e. The number of aliphatic carboxylic acids is 1. The molecule has 2 fully saturated rings. The molecule has 20 heavy (non-hydrogen) atoms. The van der Waals surface area contributed by atoms with Crippen LogP contribution in [-0.4, -0.2) is 41.0 Å². The Morgan fingerprint density at radius 2 is 2.15 bits per heavy atom. The number of carboxylic acid groups (broad SMARTS) is 1. The molecular formula is C15H26N2O3. The molecule has 3 N–H and O–H groups in total. The third-order valence-corrected chi connectivity index (χ3v) is 4.89. The topological polar surface area (TPSA) is 83.6 Å². The van der Waals surface area contributed by atoms with E-state index in [2.05, 4.69) is 0 Å². The molecule has 0 bridgehead atoms. The number of hydrogen-bond donors (Lipinski definition) is 2. The fraction of sp³-hybridized carbons (Fsp3) is 0.867. The van der Waals surface area contributed by atoms with Gasteiger partial charge in [-0.3, -0.25) is 9.59 Å². The zero-order valence-corrected chi connectivity index (χ0v) is 12.3. The Morgan fingerprint density at radius 3 is 2.70 bits per heavy atom. The third-order valence-electron chi connectivity index (χ3n) is 4.89. The van der Waals surface area contributed by atoms with Crippen LogP contribution in [0.25, 0.3) is 0 Å². The van der Waals surface area contributed by atoms with Gasteiger partial charge in [-0.15, -0.1) is 0 Å². The number of carbonyl (C=O) groups is 2. The number of nitrogens with two attached hydrogens (primary N) is 1. The molecule has 5 nitrogen and oxygen atoms in total. The third kappa shape index (κ3) is 2.97. The van der Waals surface area contributed by atoms with Gasteiger partial charge in [0.25, 0.3) is 0 Å². The van der Waals surface area contributed by atoms with E-state index in [1.807, 2.05) is 6.92 Å². The minimum atomic E-state index is -0.750. The van der Waals surface area contributed by atoms with Crippen LogP contribution in [0.3, 0.4) is 0 Å². The smallest absolute Gasteiger partial charge is 0.311 e. The van der Waals surface area contributed by atoms with Gasteiger partial charge in [-0.1, -0.05) is 13.3 Å². The minimum Gasteiger partial charge on any atom is -0.481 e. The number of carboxylic acids is 1. The van der Waals surface area contributed by atoms with Crippen LogP contribution in [0, 0.1) is 11.3 Å². The molecule has 1 aliphatic carbocycles. The summed E-state index contributed by atoms with van der Waals surface area (Å²) < 4.78 is 0. The van der Waals surface area contributed by atoms with Crippen LogP contribution < -0.4 is 5.73 Å². The zero-order valence-electron chi connectivity index (χ0n) is 12.3. The first kappa shape index (κ1) is 15.3. The van der Waals surface area contributed by atoms with Crippen molar-refractivity contribution in [3.05, 3.63) is 0 Å². The van der Waals surface area contributed by atoms with E-state index in [1.165, 1.54) is 0 Å². The molecule has 3 atom stereocenters. The van der Waals surface area contributed by atoms with Gasteiger partial charge in [0, 0.05) is 25.0 Å². The molecule has 0 radical (unpaired) electrons. The van der Waals surface area contributed by atoms with E-state index in [9.17, 15) is 14.7 Å². The van der Waals surface area contributed by atoms with E-state index in [4.69, 9.17) is 5.73 Å². The standard InChI is InChI=1S/C15H26N2O3/c1-2-6-15(14(19)20)7-3-8-17(10-15)13(18)11-4-5-12(16)9-11/h11-12H,2-10,16H2,1H3,(H,19,20). The molecular weight excluding hydrogens is 256 g/mol. The largest absolute Gasteiger partial charge is 0.481 e. The van der Waals surface area contributed by atoms with Crippen LogP contribution in [0.1, 0.15) is 51.9 Å². The van der Waals surface area contributed by atoms with Gasteiger partial charge in [0.15, 0.2) is 0 Å². The fourth-order valence-electron chi connectivity index (χ4n) is 3.78. The molecule has 2 aliphatic rings. The predicted molar refractivity (Wildman–Crippen MR) is 76.1 cm³/mol. The molecule has 3 unspecified atom stereocenters. The summed E-state index contributed by atoms with van der Waals surface area (Å²) in [5.74, 6) is -0.615. The first-order valence-electron chi connectivity index (χ1n) is 7.76. The lowest BCUT2D eigenvalue weighted by Gasteiger charge is -2.40. The lowest BCUT2D eigenvalue weighted by Crippen LogP contribution is -2.51. The van der Waals surface area contributed by atoms with Gasteiger partial charge in [-0.05, 0) is 38.5 Å². The molecule has 1 saturated carbocycles. The second-order valence-corrected chi connectivity index (χ2v) is 6.47. The van der Waals surface area contributed by atoms with Crippen molar-refractivity contribution >= 4 is 11.9 Å². The van der Waals surface area contributed by atoms with Crippen molar-refractivity contribution in [2.24, 2.45) is 17.1 Å². The van der Waals surface area contributed by atoms with E-state index in [0.29, 0.717) is 25.9 Å². The van der Waals surface area contributed by atoms with E-state index >= 15 is 0 Å². The minimum absolute atomic E-state index is 0.0104. The highest BCUT2D eigenvalue weighted by molar-refractivity contribution is 5.81. The van der Waals surface area contributed by atoms with Crippen molar-refractivity contribution in [3.63, 3.8) is 0 Å². The molecule has 114 valence electrons. The number of likely N-dealkylation sites (tertiary alicyclic amines) is 1. The Kier molecular flexibility index (Phi) is 4.68. The maximum absolute atomic E-state index is 12.5. The highest BCUT2D eigenvalue weighted by atomic mass is 16.4. The van der Waals surface area contributed by atoms with Crippen LogP contribution in [-0.2, 0) is 9.59 Å². The van der Waals surface area contributed by atoms with Crippen molar-refractivity contribution in [2.45, 2.75) is 57.9 Å². The van der Waals surface area contributed by atoms with Crippen molar-refractivity contribution in [3.8, 4) is 0 Å². The Hall–Kier alpha value is -1.10. The first-order chi connectivity index (χ1) is 9.48. The van der Waals surface area contributed by atoms with Gasteiger partial charge in [0.1, 0.15) is 0 Å². The number of piperidine rings is 1. The normalized spacial score (nSPS) is 34.2. The number of amides is 1. The van der Waals surface area contributed by atoms with Crippen LogP contribution in [0.2, 0.25) is 0 Å². The summed E-state index contributed by atoms with van der Waals surface area (Å²) in [5, 5.41) is 9.57. The summed E-state index contributed by atoms with van der Waals surface area (Å²) in [4.78, 5) is 26.0. The summed E-state index contributed by atoms with van der Waals surface area (Å²) in [6.07, 6.45) is 5.47. The average Bonchev–Trinajstić information content (AvgIpc) is 2.85. The second-order valence-electron chi connectivity index (χ2n) is 6.47. The van der Waals surface area contributed by atoms with E-state index in [-0.39, 0.29) is 17.9 Å². The lowest BCUT2D eigenvalue weighted by atomic mass is 9.76. The monoisotopic (exact) mass is 282 g/mol. The van der Waals surface area contributed by atoms with Gasteiger partial charge in [-0.25, -0.2) is 0 Å². The molecule has 5 heteroatoms. The van der Waals surface area contributed by atoms with Crippen molar-refractivity contribution in [1.29, 1.82) is 0 Å². The first-order valence-corrected chi connectivity index (χ1v) is 7.76. The molecule has 0 aromatic rings. The Bertz CT molecular complexity index is 381. The summed E-state index contributed by atoms with van der Waals surface area (Å²) in [5.41, 5.74) is 5.14. The molecule has 2 rings (SSSR count). The van der Waals surface area contributed by atoms with E-state index < -0.39 is 11.4 Å². The van der Waals surface area contributed by atoms with Gasteiger partial charge in [-0.2, -0.15) is 0 Å². The van der Waals surface area contributed by atoms with Gasteiger partial charge >= 0.3 is 5.97 Å². The molecule has 1 aliphatic heterocycles. The molecule has 1 heterocycles. The highest BCUT2D eigenvalue weighted by Gasteiger charge is 2.44. The Morgan fingerprint density at radius 1 is 1.40 bits per heavy atom. The van der Waals surface area contributed by atoms with Crippen LogP contribution in [0.15, 0.2) is 0 Å². The molecule has 0 aromatic heterocycles. The zero-order chi connectivity index (χ0) is 14.8. The van der Waals surface area contributed by atoms with Gasteiger partial charge in [0.05, 0.1) is 5.41 Å². The lowest BCUT2D eigenvalue weighted by molar-refractivity contribution is -0.156. The van der Waals surface area contributed by atoms with Crippen LogP contribution >= 0.6 is 0 Å². The van der Waals surface area contributed by atoms with Gasteiger partial charge in [0.2, 0.25) is 5.91 Å². The predicted octanol–water partition coefficient (Wildman–Crippen LogP) is 1.61. The van der Waals surface area contributed by atoms with Crippen molar-refractivity contribution in [2.75, 3.05) is 13.1 Å². The van der Waals surface area contributed by atoms with Crippen molar-refractivity contribution in [1.82, 2.24) is 4.90 Å².